The van der Waals surface area contributed by atoms with Gasteiger partial charge in [-0.25, -0.2) is 13.8 Å². The SMILES string of the molecule is CC.CC(=O)Nc1ncc(F)cc1F. The van der Waals surface area contributed by atoms with Crippen LogP contribution in [-0.4, -0.2) is 10.9 Å². The molecule has 1 aromatic heterocycles. The summed E-state index contributed by atoms with van der Waals surface area (Å²) in [5.41, 5.74) is 0. The Hall–Kier alpha value is -1.52. The lowest BCUT2D eigenvalue weighted by Gasteiger charge is -2.00. The minimum absolute atomic E-state index is 0.260. The number of halogens is 2. The molecule has 14 heavy (non-hydrogen) atoms. The summed E-state index contributed by atoms with van der Waals surface area (Å²) in [6, 6.07) is 0.651. The fraction of sp³-hybridized carbons (Fsp3) is 0.333. The van der Waals surface area contributed by atoms with Crippen LogP contribution >= 0.6 is 0 Å². The number of nitrogens with one attached hydrogen (secondary N) is 1. The zero-order valence-electron chi connectivity index (χ0n) is 8.27. The Morgan fingerprint density at radius 1 is 1.43 bits per heavy atom. The second-order valence-corrected chi connectivity index (χ2v) is 2.17. The van der Waals surface area contributed by atoms with Crippen molar-refractivity contribution in [2.24, 2.45) is 0 Å². The summed E-state index contributed by atoms with van der Waals surface area (Å²) in [6.45, 7) is 5.21. The summed E-state index contributed by atoms with van der Waals surface area (Å²) in [4.78, 5) is 13.8. The molecule has 3 nitrogen and oxygen atoms in total. The first-order chi connectivity index (χ1) is 6.59. The zero-order valence-corrected chi connectivity index (χ0v) is 8.27. The first-order valence-electron chi connectivity index (χ1n) is 4.18. The van der Waals surface area contributed by atoms with Gasteiger partial charge in [-0.1, -0.05) is 13.8 Å². The molecule has 0 aromatic carbocycles. The zero-order chi connectivity index (χ0) is 11.1. The fourth-order valence-corrected chi connectivity index (χ4v) is 0.673. The summed E-state index contributed by atoms with van der Waals surface area (Å²) in [5.74, 6) is -2.37. The largest absolute Gasteiger partial charge is 0.308 e. The number of aromatic nitrogens is 1. The highest BCUT2D eigenvalue weighted by atomic mass is 19.1. The molecule has 0 fully saturated rings. The van der Waals surface area contributed by atoms with Crippen LogP contribution in [0.2, 0.25) is 0 Å². The van der Waals surface area contributed by atoms with Crippen molar-refractivity contribution in [1.82, 2.24) is 4.98 Å². The number of rotatable bonds is 1. The quantitative estimate of drug-likeness (QED) is 0.759. The molecule has 0 bridgehead atoms. The first-order valence-corrected chi connectivity index (χ1v) is 4.18. The molecule has 0 aliphatic carbocycles. The van der Waals surface area contributed by atoms with E-state index in [4.69, 9.17) is 0 Å². The Morgan fingerprint density at radius 3 is 2.43 bits per heavy atom. The van der Waals surface area contributed by atoms with Gasteiger partial charge < -0.3 is 5.32 Å². The summed E-state index contributed by atoms with van der Waals surface area (Å²) >= 11 is 0. The first kappa shape index (κ1) is 12.5. The van der Waals surface area contributed by atoms with E-state index in [-0.39, 0.29) is 5.82 Å². The van der Waals surface area contributed by atoms with Crippen LogP contribution in [0.4, 0.5) is 14.6 Å². The van der Waals surface area contributed by atoms with Crippen molar-refractivity contribution in [1.29, 1.82) is 0 Å². The van der Waals surface area contributed by atoms with Gasteiger partial charge in [-0.05, 0) is 0 Å². The Balaban J connectivity index is 0.000000791. The highest BCUT2D eigenvalue weighted by Gasteiger charge is 2.05. The second kappa shape index (κ2) is 6.01. The van der Waals surface area contributed by atoms with Crippen LogP contribution in [-0.2, 0) is 4.79 Å². The molecule has 1 heterocycles. The molecule has 0 aliphatic heterocycles. The van der Waals surface area contributed by atoms with Gasteiger partial charge in [0.2, 0.25) is 5.91 Å². The number of amides is 1. The van der Waals surface area contributed by atoms with Crippen LogP contribution < -0.4 is 5.32 Å². The van der Waals surface area contributed by atoms with Gasteiger partial charge in [0.15, 0.2) is 11.6 Å². The number of anilines is 1. The average molecular weight is 202 g/mol. The summed E-state index contributed by atoms with van der Waals surface area (Å²) < 4.78 is 25.0. The van der Waals surface area contributed by atoms with Gasteiger partial charge in [-0.2, -0.15) is 0 Å². The fourth-order valence-electron chi connectivity index (χ4n) is 0.673. The van der Waals surface area contributed by atoms with E-state index in [1.807, 2.05) is 13.8 Å². The predicted octanol–water partition coefficient (Wildman–Crippen LogP) is 2.34. The number of nitrogens with zero attached hydrogens (tertiary/aromatic N) is 1. The van der Waals surface area contributed by atoms with Crippen molar-refractivity contribution in [2.75, 3.05) is 5.32 Å². The van der Waals surface area contributed by atoms with E-state index >= 15 is 0 Å². The molecule has 0 aliphatic rings. The molecule has 0 unspecified atom stereocenters. The van der Waals surface area contributed by atoms with Crippen molar-refractivity contribution >= 4 is 11.7 Å². The molecule has 78 valence electrons. The number of carbonyl (C=O) groups excluding carboxylic acids is 1. The van der Waals surface area contributed by atoms with Crippen molar-refractivity contribution in [2.45, 2.75) is 20.8 Å². The minimum Gasteiger partial charge on any atom is -0.308 e. The number of carbonyl (C=O) groups is 1. The topological polar surface area (TPSA) is 42.0 Å². The molecule has 0 radical (unpaired) electrons. The highest BCUT2D eigenvalue weighted by molar-refractivity contribution is 5.87. The normalized spacial score (nSPS) is 8.64. The molecular weight excluding hydrogens is 190 g/mol. The highest BCUT2D eigenvalue weighted by Crippen LogP contribution is 2.10. The molecule has 0 saturated heterocycles. The van der Waals surface area contributed by atoms with Crippen molar-refractivity contribution in [3.63, 3.8) is 0 Å². The maximum absolute atomic E-state index is 12.7. The molecule has 5 heteroatoms. The van der Waals surface area contributed by atoms with E-state index in [0.29, 0.717) is 6.07 Å². The molecule has 0 saturated carbocycles. The summed E-state index contributed by atoms with van der Waals surface area (Å²) in [7, 11) is 0. The maximum atomic E-state index is 12.7. The summed E-state index contributed by atoms with van der Waals surface area (Å²) in [5, 5.41) is 2.11. The Labute approximate surface area is 81.2 Å². The van der Waals surface area contributed by atoms with Crippen molar-refractivity contribution < 1.29 is 13.6 Å². The van der Waals surface area contributed by atoms with E-state index in [2.05, 4.69) is 10.3 Å². The van der Waals surface area contributed by atoms with Gasteiger partial charge in [0.1, 0.15) is 5.82 Å². The average Bonchev–Trinajstić information content (AvgIpc) is 2.13. The third-order valence-electron chi connectivity index (χ3n) is 1.10. The smallest absolute Gasteiger partial charge is 0.222 e. The Kier molecular flexibility index (Phi) is 5.36. The predicted molar refractivity (Wildman–Crippen MR) is 49.8 cm³/mol. The lowest BCUT2D eigenvalue weighted by Crippen LogP contribution is -2.09. The monoisotopic (exact) mass is 202 g/mol. The van der Waals surface area contributed by atoms with E-state index in [1.165, 1.54) is 6.92 Å². The minimum atomic E-state index is -0.884. The van der Waals surface area contributed by atoms with Gasteiger partial charge in [0.05, 0.1) is 6.20 Å². The van der Waals surface area contributed by atoms with Crippen LogP contribution in [0.3, 0.4) is 0 Å². The molecule has 1 aromatic rings. The van der Waals surface area contributed by atoms with E-state index in [0.717, 1.165) is 6.20 Å². The number of hydrogen-bond acceptors (Lipinski definition) is 2. The van der Waals surface area contributed by atoms with Crippen LogP contribution in [0.25, 0.3) is 0 Å². The number of pyridine rings is 1. The molecule has 1 N–H and O–H groups in total. The van der Waals surface area contributed by atoms with Crippen molar-refractivity contribution in [3.05, 3.63) is 23.9 Å². The molecule has 1 amide bonds. The van der Waals surface area contributed by atoms with Crippen molar-refractivity contribution in [3.8, 4) is 0 Å². The molecule has 0 spiro atoms. The van der Waals surface area contributed by atoms with Crippen LogP contribution in [0.15, 0.2) is 12.3 Å². The maximum Gasteiger partial charge on any atom is 0.222 e. The van der Waals surface area contributed by atoms with Gasteiger partial charge in [0.25, 0.3) is 0 Å². The van der Waals surface area contributed by atoms with Gasteiger partial charge in [-0.15, -0.1) is 0 Å². The van der Waals surface area contributed by atoms with Crippen LogP contribution in [0.1, 0.15) is 20.8 Å². The Morgan fingerprint density at radius 2 is 2.00 bits per heavy atom. The van der Waals surface area contributed by atoms with E-state index < -0.39 is 17.5 Å². The third-order valence-corrected chi connectivity index (χ3v) is 1.10. The molecule has 1 rings (SSSR count). The molecule has 0 atom stereocenters. The summed E-state index contributed by atoms with van der Waals surface area (Å²) in [6.07, 6.45) is 0.828. The Bertz CT molecular complexity index is 316. The second-order valence-electron chi connectivity index (χ2n) is 2.17. The van der Waals surface area contributed by atoms with Crippen LogP contribution in [0.5, 0.6) is 0 Å². The van der Waals surface area contributed by atoms with E-state index in [9.17, 15) is 13.6 Å². The van der Waals surface area contributed by atoms with Gasteiger partial charge in [-0.3, -0.25) is 4.79 Å². The molecular formula is C9H12F2N2O. The van der Waals surface area contributed by atoms with E-state index in [1.54, 1.807) is 0 Å². The van der Waals surface area contributed by atoms with Gasteiger partial charge in [0, 0.05) is 13.0 Å². The number of hydrogen-bond donors (Lipinski definition) is 1. The lowest BCUT2D eigenvalue weighted by molar-refractivity contribution is -0.114. The van der Waals surface area contributed by atoms with Crippen LogP contribution in [0, 0.1) is 11.6 Å². The van der Waals surface area contributed by atoms with Gasteiger partial charge >= 0.3 is 0 Å². The lowest BCUT2D eigenvalue weighted by atomic mass is 10.4. The standard InChI is InChI=1S/C7H6F2N2O.C2H6/c1-4(12)11-7-6(9)2-5(8)3-10-7;1-2/h2-3H,1H3,(H,10,11,12);1-2H3. The third kappa shape index (κ3) is 3.93.